The number of hydrogen-bond donors (Lipinski definition) is 2. The van der Waals surface area contributed by atoms with E-state index in [-0.39, 0.29) is 11.9 Å². The normalized spacial score (nSPS) is 12.3. The van der Waals surface area contributed by atoms with Crippen LogP contribution in [0.4, 0.5) is 5.69 Å². The van der Waals surface area contributed by atoms with Gasteiger partial charge in [0.1, 0.15) is 6.04 Å². The molecule has 19 heavy (non-hydrogen) atoms. The van der Waals surface area contributed by atoms with Crippen LogP contribution >= 0.6 is 11.6 Å². The third-order valence-corrected chi connectivity index (χ3v) is 3.22. The summed E-state index contributed by atoms with van der Waals surface area (Å²) in [5, 5.41) is 6.69. The number of carbonyl (C=O) groups is 1. The number of anilines is 1. The smallest absolute Gasteiger partial charge is 0.242 e. The van der Waals surface area contributed by atoms with E-state index in [4.69, 9.17) is 11.6 Å². The SMILES string of the molecule is Cc1ccc(NC(C)C(=O)NCCC(C)C)c(Cl)c1. The van der Waals surface area contributed by atoms with Crippen molar-refractivity contribution in [3.63, 3.8) is 0 Å². The van der Waals surface area contributed by atoms with Crippen molar-refractivity contribution in [2.45, 2.75) is 40.2 Å². The topological polar surface area (TPSA) is 41.1 Å². The van der Waals surface area contributed by atoms with E-state index in [1.54, 1.807) is 0 Å². The van der Waals surface area contributed by atoms with Crippen molar-refractivity contribution >= 4 is 23.2 Å². The minimum Gasteiger partial charge on any atom is -0.373 e. The van der Waals surface area contributed by atoms with Gasteiger partial charge in [0.2, 0.25) is 5.91 Å². The van der Waals surface area contributed by atoms with Crippen LogP contribution in [-0.4, -0.2) is 18.5 Å². The standard InChI is InChI=1S/C15H23ClN2O/c1-10(2)7-8-17-15(19)12(4)18-14-6-5-11(3)9-13(14)16/h5-6,9-10,12,18H,7-8H2,1-4H3,(H,17,19). The first-order valence-corrected chi connectivity index (χ1v) is 7.08. The third kappa shape index (κ3) is 5.52. The first-order chi connectivity index (χ1) is 8.90. The molecule has 3 nitrogen and oxygen atoms in total. The molecule has 0 fully saturated rings. The molecule has 1 aromatic rings. The number of benzene rings is 1. The van der Waals surface area contributed by atoms with E-state index in [1.165, 1.54) is 0 Å². The molecule has 0 aromatic heterocycles. The first-order valence-electron chi connectivity index (χ1n) is 6.70. The first kappa shape index (κ1) is 15.8. The Morgan fingerprint density at radius 3 is 2.58 bits per heavy atom. The predicted molar refractivity (Wildman–Crippen MR) is 81.7 cm³/mol. The van der Waals surface area contributed by atoms with Crippen LogP contribution in [0.25, 0.3) is 0 Å². The van der Waals surface area contributed by atoms with Crippen LogP contribution in [0.15, 0.2) is 18.2 Å². The summed E-state index contributed by atoms with van der Waals surface area (Å²) in [7, 11) is 0. The number of carbonyl (C=O) groups excluding carboxylic acids is 1. The second kappa shape index (κ2) is 7.39. The average molecular weight is 283 g/mol. The van der Waals surface area contributed by atoms with E-state index < -0.39 is 0 Å². The van der Waals surface area contributed by atoms with Crippen LogP contribution in [0.1, 0.15) is 32.8 Å². The molecule has 0 spiro atoms. The Labute approximate surface area is 120 Å². The Balaban J connectivity index is 2.49. The molecule has 0 heterocycles. The van der Waals surface area contributed by atoms with Crippen molar-refractivity contribution in [3.05, 3.63) is 28.8 Å². The molecule has 0 saturated carbocycles. The molecule has 106 valence electrons. The lowest BCUT2D eigenvalue weighted by atomic mass is 10.1. The van der Waals surface area contributed by atoms with Crippen molar-refractivity contribution in [2.24, 2.45) is 5.92 Å². The highest BCUT2D eigenvalue weighted by Crippen LogP contribution is 2.23. The summed E-state index contributed by atoms with van der Waals surface area (Å²) in [4.78, 5) is 11.9. The molecule has 4 heteroatoms. The predicted octanol–water partition coefficient (Wildman–Crippen LogP) is 3.61. The average Bonchev–Trinajstić information content (AvgIpc) is 2.32. The lowest BCUT2D eigenvalue weighted by Crippen LogP contribution is -2.38. The van der Waals surface area contributed by atoms with Crippen LogP contribution < -0.4 is 10.6 Å². The number of hydrogen-bond acceptors (Lipinski definition) is 2. The number of nitrogens with one attached hydrogen (secondary N) is 2. The molecule has 2 N–H and O–H groups in total. The third-order valence-electron chi connectivity index (χ3n) is 2.91. The summed E-state index contributed by atoms with van der Waals surface area (Å²) in [5.41, 5.74) is 1.89. The highest BCUT2D eigenvalue weighted by Gasteiger charge is 2.13. The molecule has 0 aliphatic rings. The maximum atomic E-state index is 11.9. The summed E-state index contributed by atoms with van der Waals surface area (Å²) in [6, 6.07) is 5.45. The lowest BCUT2D eigenvalue weighted by molar-refractivity contribution is -0.121. The van der Waals surface area contributed by atoms with Gasteiger partial charge in [-0.25, -0.2) is 0 Å². The molecule has 0 aliphatic heterocycles. The van der Waals surface area contributed by atoms with Crippen molar-refractivity contribution < 1.29 is 4.79 Å². The summed E-state index contributed by atoms with van der Waals surface area (Å²) in [6.07, 6.45) is 0.990. The van der Waals surface area contributed by atoms with Gasteiger partial charge in [-0.3, -0.25) is 4.79 Å². The van der Waals surface area contributed by atoms with Gasteiger partial charge in [0.25, 0.3) is 0 Å². The van der Waals surface area contributed by atoms with Gasteiger partial charge in [0.05, 0.1) is 10.7 Å². The minimum absolute atomic E-state index is 0.00251. The van der Waals surface area contributed by atoms with E-state index in [2.05, 4.69) is 24.5 Å². The number of rotatable bonds is 6. The molecule has 1 amide bonds. The van der Waals surface area contributed by atoms with E-state index in [9.17, 15) is 4.79 Å². The highest BCUT2D eigenvalue weighted by molar-refractivity contribution is 6.33. The maximum absolute atomic E-state index is 11.9. The zero-order chi connectivity index (χ0) is 14.4. The minimum atomic E-state index is -0.299. The van der Waals surface area contributed by atoms with Crippen LogP contribution in [-0.2, 0) is 4.79 Å². The van der Waals surface area contributed by atoms with Gasteiger partial charge in [-0.05, 0) is 43.9 Å². The molecular weight excluding hydrogens is 260 g/mol. The number of aryl methyl sites for hydroxylation is 1. The Morgan fingerprint density at radius 1 is 1.32 bits per heavy atom. The van der Waals surface area contributed by atoms with Gasteiger partial charge in [0.15, 0.2) is 0 Å². The molecule has 1 aromatic carbocycles. The van der Waals surface area contributed by atoms with Crippen molar-refractivity contribution in [1.29, 1.82) is 0 Å². The van der Waals surface area contributed by atoms with Crippen LogP contribution in [0.5, 0.6) is 0 Å². The zero-order valence-corrected chi connectivity index (χ0v) is 12.8. The monoisotopic (exact) mass is 282 g/mol. The Morgan fingerprint density at radius 2 is 2.00 bits per heavy atom. The van der Waals surface area contributed by atoms with Crippen LogP contribution in [0.2, 0.25) is 5.02 Å². The molecule has 0 aliphatic carbocycles. The van der Waals surface area contributed by atoms with Gasteiger partial charge in [-0.1, -0.05) is 31.5 Å². The fourth-order valence-electron chi connectivity index (χ4n) is 1.67. The van der Waals surface area contributed by atoms with E-state index >= 15 is 0 Å². The second-order valence-electron chi connectivity index (χ2n) is 5.32. The van der Waals surface area contributed by atoms with Crippen molar-refractivity contribution in [3.8, 4) is 0 Å². The zero-order valence-electron chi connectivity index (χ0n) is 12.1. The molecule has 1 unspecified atom stereocenters. The quantitative estimate of drug-likeness (QED) is 0.837. The number of amides is 1. The van der Waals surface area contributed by atoms with Crippen molar-refractivity contribution in [2.75, 3.05) is 11.9 Å². The molecule has 1 atom stereocenters. The molecule has 1 rings (SSSR count). The van der Waals surface area contributed by atoms with Crippen LogP contribution in [0, 0.1) is 12.8 Å². The fraction of sp³-hybridized carbons (Fsp3) is 0.533. The van der Waals surface area contributed by atoms with Gasteiger partial charge in [-0.15, -0.1) is 0 Å². The molecule has 0 bridgehead atoms. The van der Waals surface area contributed by atoms with E-state index in [1.807, 2.05) is 32.0 Å². The summed E-state index contributed by atoms with van der Waals surface area (Å²) in [6.45, 7) is 8.81. The van der Waals surface area contributed by atoms with Gasteiger partial charge >= 0.3 is 0 Å². The summed E-state index contributed by atoms with van der Waals surface area (Å²) >= 11 is 6.13. The fourth-order valence-corrected chi connectivity index (χ4v) is 1.96. The highest BCUT2D eigenvalue weighted by atomic mass is 35.5. The molecule has 0 saturated heterocycles. The Hall–Kier alpha value is -1.22. The van der Waals surface area contributed by atoms with E-state index in [0.717, 1.165) is 17.7 Å². The van der Waals surface area contributed by atoms with Gasteiger partial charge < -0.3 is 10.6 Å². The molecular formula is C15H23ClN2O. The van der Waals surface area contributed by atoms with E-state index in [0.29, 0.717) is 17.5 Å². The largest absolute Gasteiger partial charge is 0.373 e. The number of halogens is 1. The summed E-state index contributed by atoms with van der Waals surface area (Å²) < 4.78 is 0. The second-order valence-corrected chi connectivity index (χ2v) is 5.73. The molecule has 0 radical (unpaired) electrons. The Bertz CT molecular complexity index is 432. The van der Waals surface area contributed by atoms with Crippen molar-refractivity contribution in [1.82, 2.24) is 5.32 Å². The van der Waals surface area contributed by atoms with Gasteiger partial charge in [0, 0.05) is 6.54 Å². The van der Waals surface area contributed by atoms with Gasteiger partial charge in [-0.2, -0.15) is 0 Å². The summed E-state index contributed by atoms with van der Waals surface area (Å²) in [5.74, 6) is 0.590. The maximum Gasteiger partial charge on any atom is 0.242 e. The Kier molecular flexibility index (Phi) is 6.16. The lowest BCUT2D eigenvalue weighted by Gasteiger charge is -2.17. The van der Waals surface area contributed by atoms with Crippen LogP contribution in [0.3, 0.4) is 0 Å².